The maximum absolute atomic E-state index is 5.90. The van der Waals surface area contributed by atoms with Gasteiger partial charge in [-0.2, -0.15) is 0 Å². The first-order valence-corrected chi connectivity index (χ1v) is 9.42. The molecule has 0 aliphatic heterocycles. The van der Waals surface area contributed by atoms with Gasteiger partial charge in [-0.1, -0.05) is 34.8 Å². The SMILES string of the molecule is Clc1ccc(OP(Oc2ccc(Cl)cc2)Oc2ccc(Cl)cc2)cc1.[Ni]. The van der Waals surface area contributed by atoms with Gasteiger partial charge in [0.25, 0.3) is 0 Å². The van der Waals surface area contributed by atoms with Crippen molar-refractivity contribution in [3.8, 4) is 17.2 Å². The zero-order valence-electron chi connectivity index (χ0n) is 13.1. The normalized spacial score (nSPS) is 10.2. The van der Waals surface area contributed by atoms with Crippen LogP contribution in [-0.4, -0.2) is 0 Å². The van der Waals surface area contributed by atoms with Crippen LogP contribution in [0.15, 0.2) is 72.8 Å². The molecule has 0 aliphatic rings. The van der Waals surface area contributed by atoms with Crippen molar-refractivity contribution in [2.75, 3.05) is 0 Å². The molecule has 3 aromatic carbocycles. The molecule has 0 N–H and O–H groups in total. The summed E-state index contributed by atoms with van der Waals surface area (Å²) in [4.78, 5) is 0. The second-order valence-electron chi connectivity index (χ2n) is 4.86. The maximum atomic E-state index is 5.90. The second kappa shape index (κ2) is 10.3. The van der Waals surface area contributed by atoms with E-state index in [2.05, 4.69) is 0 Å². The molecular weight excluding hydrogens is 460 g/mol. The molecule has 0 aliphatic carbocycles. The quantitative estimate of drug-likeness (QED) is 0.276. The van der Waals surface area contributed by atoms with Gasteiger partial charge in [-0.05, 0) is 72.8 Å². The van der Waals surface area contributed by atoms with Gasteiger partial charge in [-0.25, -0.2) is 0 Å². The van der Waals surface area contributed by atoms with Crippen molar-refractivity contribution >= 4 is 43.4 Å². The van der Waals surface area contributed by atoms with Crippen LogP contribution < -0.4 is 13.6 Å². The van der Waals surface area contributed by atoms with Crippen LogP contribution in [-0.2, 0) is 16.5 Å². The zero-order valence-corrected chi connectivity index (χ0v) is 17.2. The van der Waals surface area contributed by atoms with Crippen molar-refractivity contribution in [1.29, 1.82) is 0 Å². The number of hydrogen-bond donors (Lipinski definition) is 0. The van der Waals surface area contributed by atoms with E-state index in [1.165, 1.54) is 0 Å². The molecule has 8 heteroatoms. The van der Waals surface area contributed by atoms with Crippen molar-refractivity contribution in [2.45, 2.75) is 0 Å². The Labute approximate surface area is 178 Å². The number of halogens is 3. The van der Waals surface area contributed by atoms with Gasteiger partial charge in [-0.15, -0.1) is 0 Å². The van der Waals surface area contributed by atoms with E-state index >= 15 is 0 Å². The third-order valence-electron chi connectivity index (χ3n) is 2.98. The molecule has 26 heavy (non-hydrogen) atoms. The van der Waals surface area contributed by atoms with E-state index in [1.807, 2.05) is 0 Å². The summed E-state index contributed by atoms with van der Waals surface area (Å²) >= 11 is 17.7. The molecule has 0 bridgehead atoms. The van der Waals surface area contributed by atoms with E-state index in [1.54, 1.807) is 72.8 Å². The first-order valence-electron chi connectivity index (χ1n) is 7.19. The van der Waals surface area contributed by atoms with Gasteiger partial charge in [-0.3, -0.25) is 0 Å². The van der Waals surface area contributed by atoms with Crippen molar-refractivity contribution in [2.24, 2.45) is 0 Å². The van der Waals surface area contributed by atoms with E-state index in [9.17, 15) is 0 Å². The molecule has 0 heterocycles. The van der Waals surface area contributed by atoms with E-state index in [4.69, 9.17) is 48.4 Å². The summed E-state index contributed by atoms with van der Waals surface area (Å²) in [7, 11) is -1.75. The van der Waals surface area contributed by atoms with Crippen molar-refractivity contribution in [3.63, 3.8) is 0 Å². The van der Waals surface area contributed by atoms with Crippen molar-refractivity contribution in [1.82, 2.24) is 0 Å². The Hall–Kier alpha value is -1.15. The summed E-state index contributed by atoms with van der Waals surface area (Å²) in [5.74, 6) is 1.75. The van der Waals surface area contributed by atoms with Crippen LogP contribution in [0.2, 0.25) is 15.1 Å². The van der Waals surface area contributed by atoms with E-state index < -0.39 is 8.60 Å². The van der Waals surface area contributed by atoms with Crippen LogP contribution in [0, 0.1) is 0 Å². The molecule has 3 nitrogen and oxygen atoms in total. The fourth-order valence-electron chi connectivity index (χ4n) is 1.80. The summed E-state index contributed by atoms with van der Waals surface area (Å²) < 4.78 is 17.5. The first-order chi connectivity index (χ1) is 12.1. The molecule has 138 valence electrons. The molecule has 0 spiro atoms. The Morgan fingerprint density at radius 3 is 0.923 bits per heavy atom. The van der Waals surface area contributed by atoms with Crippen molar-refractivity contribution in [3.05, 3.63) is 87.9 Å². The van der Waals surface area contributed by atoms with E-state index in [0.29, 0.717) is 32.3 Å². The number of rotatable bonds is 6. The molecule has 0 atom stereocenters. The molecular formula is C18H12Cl3NiO3P. The second-order valence-corrected chi connectivity index (χ2v) is 7.16. The van der Waals surface area contributed by atoms with Crippen molar-refractivity contribution < 1.29 is 30.1 Å². The Balaban J connectivity index is 0.00000243. The predicted molar refractivity (Wildman–Crippen MR) is 103 cm³/mol. The zero-order chi connectivity index (χ0) is 17.6. The summed E-state index contributed by atoms with van der Waals surface area (Å²) in [6, 6.07) is 20.9. The maximum Gasteiger partial charge on any atom is 0.530 e. The Morgan fingerprint density at radius 2 is 0.692 bits per heavy atom. The summed E-state index contributed by atoms with van der Waals surface area (Å²) in [6.45, 7) is 0. The predicted octanol–water partition coefficient (Wildman–Crippen LogP) is 7.41. The molecule has 0 saturated heterocycles. The minimum absolute atomic E-state index is 0. The van der Waals surface area contributed by atoms with Gasteiger partial charge in [0.2, 0.25) is 0 Å². The molecule has 0 amide bonds. The van der Waals surface area contributed by atoms with Crippen LogP contribution in [0.4, 0.5) is 0 Å². The third-order valence-corrected chi connectivity index (χ3v) is 4.82. The van der Waals surface area contributed by atoms with Gasteiger partial charge in [0.1, 0.15) is 17.2 Å². The molecule has 0 fully saturated rings. The van der Waals surface area contributed by atoms with Gasteiger partial charge < -0.3 is 13.6 Å². The van der Waals surface area contributed by atoms with Gasteiger partial charge in [0, 0.05) is 31.6 Å². The minimum atomic E-state index is -1.75. The van der Waals surface area contributed by atoms with Gasteiger partial charge in [0.05, 0.1) is 0 Å². The number of hydrogen-bond acceptors (Lipinski definition) is 3. The van der Waals surface area contributed by atoms with Gasteiger partial charge >= 0.3 is 8.60 Å². The average Bonchev–Trinajstić information content (AvgIpc) is 2.61. The molecule has 0 aromatic heterocycles. The fraction of sp³-hybridized carbons (Fsp3) is 0. The Kier molecular flexibility index (Phi) is 8.35. The summed E-state index contributed by atoms with van der Waals surface area (Å²) in [6.07, 6.45) is 0. The Morgan fingerprint density at radius 1 is 0.462 bits per heavy atom. The topological polar surface area (TPSA) is 27.7 Å². The number of benzene rings is 3. The molecule has 0 radical (unpaired) electrons. The summed E-state index contributed by atoms with van der Waals surface area (Å²) in [5.41, 5.74) is 0. The van der Waals surface area contributed by atoms with Crippen LogP contribution in [0.25, 0.3) is 0 Å². The monoisotopic (exact) mass is 470 g/mol. The van der Waals surface area contributed by atoms with E-state index in [0.717, 1.165) is 0 Å². The largest absolute Gasteiger partial charge is 0.530 e. The average molecular weight is 472 g/mol. The van der Waals surface area contributed by atoms with Crippen LogP contribution in [0.3, 0.4) is 0 Å². The molecule has 3 aromatic rings. The van der Waals surface area contributed by atoms with Gasteiger partial charge in [0.15, 0.2) is 0 Å². The van der Waals surface area contributed by atoms with Crippen LogP contribution in [0.1, 0.15) is 0 Å². The third kappa shape index (κ3) is 6.54. The minimum Gasteiger partial charge on any atom is -0.409 e. The van der Waals surface area contributed by atoms with Crippen LogP contribution >= 0.6 is 43.4 Å². The Bertz CT molecular complexity index is 702. The summed E-state index contributed by atoms with van der Waals surface area (Å²) in [5, 5.41) is 1.86. The first kappa shape index (κ1) is 21.2. The van der Waals surface area contributed by atoms with Crippen LogP contribution in [0.5, 0.6) is 17.2 Å². The van der Waals surface area contributed by atoms with E-state index in [-0.39, 0.29) is 16.5 Å². The molecule has 0 unspecified atom stereocenters. The molecule has 0 saturated carbocycles. The standard InChI is InChI=1S/C18H12Cl3O3P.Ni/c19-13-1-7-16(8-2-13)22-25(23-17-9-3-14(20)4-10-17)24-18-11-5-15(21)6-12-18;/h1-12H;. The molecule has 3 rings (SSSR count). The fourth-order valence-corrected chi connectivity index (χ4v) is 3.17. The smallest absolute Gasteiger partial charge is 0.409 e.